The van der Waals surface area contributed by atoms with E-state index in [1.807, 2.05) is 0 Å². The molecule has 2 N–H and O–H groups in total. The third kappa shape index (κ3) is 3.46. The van der Waals surface area contributed by atoms with Crippen molar-refractivity contribution in [2.24, 2.45) is 5.92 Å². The Morgan fingerprint density at radius 2 is 2.35 bits per heavy atom. The first kappa shape index (κ1) is 14.7. The van der Waals surface area contributed by atoms with Gasteiger partial charge in [0, 0.05) is 6.54 Å². The topological polar surface area (TPSA) is 84.3 Å². The minimum atomic E-state index is -0.627. The quantitative estimate of drug-likeness (QED) is 0.643. The van der Waals surface area contributed by atoms with Crippen molar-refractivity contribution in [2.75, 3.05) is 19.6 Å². The SMILES string of the molecule is O=C(NCCC1CCNC1)c1cccc(Cl)c1[N+](=O)[O-]. The Labute approximate surface area is 121 Å². The van der Waals surface area contributed by atoms with E-state index in [2.05, 4.69) is 10.6 Å². The maximum atomic E-state index is 12.0. The van der Waals surface area contributed by atoms with Gasteiger partial charge in [0.15, 0.2) is 0 Å². The predicted molar refractivity (Wildman–Crippen MR) is 76.0 cm³/mol. The highest BCUT2D eigenvalue weighted by Crippen LogP contribution is 2.28. The number of hydrogen-bond acceptors (Lipinski definition) is 4. The lowest BCUT2D eigenvalue weighted by Gasteiger charge is -2.09. The highest BCUT2D eigenvalue weighted by atomic mass is 35.5. The second-order valence-corrected chi connectivity index (χ2v) is 5.20. The lowest BCUT2D eigenvalue weighted by molar-refractivity contribution is -0.385. The predicted octanol–water partition coefficient (Wildman–Crippen LogP) is 1.98. The summed E-state index contributed by atoms with van der Waals surface area (Å²) in [6.45, 7) is 2.49. The molecule has 108 valence electrons. The van der Waals surface area contributed by atoms with Crippen LogP contribution in [0.4, 0.5) is 5.69 Å². The number of rotatable bonds is 5. The Kier molecular flexibility index (Phi) is 4.92. The number of benzene rings is 1. The molecule has 2 rings (SSSR count). The van der Waals surface area contributed by atoms with Gasteiger partial charge < -0.3 is 10.6 Å². The van der Waals surface area contributed by atoms with Gasteiger partial charge in [-0.15, -0.1) is 0 Å². The third-order valence-electron chi connectivity index (χ3n) is 3.41. The van der Waals surface area contributed by atoms with Crippen molar-refractivity contribution in [1.29, 1.82) is 0 Å². The first-order chi connectivity index (χ1) is 9.59. The van der Waals surface area contributed by atoms with Crippen LogP contribution in [0.3, 0.4) is 0 Å². The molecule has 20 heavy (non-hydrogen) atoms. The fourth-order valence-electron chi connectivity index (χ4n) is 2.33. The molecule has 1 aliphatic heterocycles. The normalized spacial score (nSPS) is 17.9. The number of para-hydroxylation sites is 1. The largest absolute Gasteiger partial charge is 0.352 e. The van der Waals surface area contributed by atoms with Crippen molar-refractivity contribution < 1.29 is 9.72 Å². The molecule has 7 heteroatoms. The Morgan fingerprint density at radius 3 is 3.00 bits per heavy atom. The number of amides is 1. The van der Waals surface area contributed by atoms with Crippen LogP contribution in [0.5, 0.6) is 0 Å². The van der Waals surface area contributed by atoms with Gasteiger partial charge in [0.1, 0.15) is 10.6 Å². The second kappa shape index (κ2) is 6.67. The zero-order chi connectivity index (χ0) is 14.5. The number of hydrogen-bond donors (Lipinski definition) is 2. The number of halogens is 1. The number of nitrogens with zero attached hydrogens (tertiary/aromatic N) is 1. The first-order valence-corrected chi connectivity index (χ1v) is 6.89. The van der Waals surface area contributed by atoms with Crippen LogP contribution >= 0.6 is 11.6 Å². The summed E-state index contributed by atoms with van der Waals surface area (Å²) in [4.78, 5) is 22.3. The lowest BCUT2D eigenvalue weighted by atomic mass is 10.1. The Morgan fingerprint density at radius 1 is 1.55 bits per heavy atom. The zero-order valence-corrected chi connectivity index (χ0v) is 11.7. The van der Waals surface area contributed by atoms with E-state index in [1.165, 1.54) is 18.2 Å². The van der Waals surface area contributed by atoms with E-state index in [0.717, 1.165) is 25.9 Å². The molecule has 1 amide bonds. The van der Waals surface area contributed by atoms with Crippen LogP contribution in [-0.4, -0.2) is 30.5 Å². The number of carbonyl (C=O) groups excluding carboxylic acids is 1. The monoisotopic (exact) mass is 297 g/mol. The molecule has 0 bridgehead atoms. The summed E-state index contributed by atoms with van der Waals surface area (Å²) in [7, 11) is 0. The van der Waals surface area contributed by atoms with Crippen molar-refractivity contribution >= 4 is 23.2 Å². The van der Waals surface area contributed by atoms with Gasteiger partial charge in [0.05, 0.1) is 4.92 Å². The molecule has 1 heterocycles. The molecular weight excluding hydrogens is 282 g/mol. The number of carbonyl (C=O) groups is 1. The van der Waals surface area contributed by atoms with Crippen LogP contribution < -0.4 is 10.6 Å². The zero-order valence-electron chi connectivity index (χ0n) is 10.9. The molecule has 1 aromatic rings. The van der Waals surface area contributed by atoms with Crippen molar-refractivity contribution in [1.82, 2.24) is 10.6 Å². The van der Waals surface area contributed by atoms with E-state index in [0.29, 0.717) is 12.5 Å². The van der Waals surface area contributed by atoms with Crippen molar-refractivity contribution in [2.45, 2.75) is 12.8 Å². The molecule has 1 fully saturated rings. The van der Waals surface area contributed by atoms with Gasteiger partial charge in [-0.25, -0.2) is 0 Å². The summed E-state index contributed by atoms with van der Waals surface area (Å²) in [6.07, 6.45) is 1.97. The van der Waals surface area contributed by atoms with Crippen molar-refractivity contribution in [3.05, 3.63) is 38.9 Å². The fraction of sp³-hybridized carbons (Fsp3) is 0.462. The van der Waals surface area contributed by atoms with E-state index in [4.69, 9.17) is 11.6 Å². The number of nitrogens with one attached hydrogen (secondary N) is 2. The molecule has 0 aliphatic carbocycles. The highest BCUT2D eigenvalue weighted by molar-refractivity contribution is 6.33. The van der Waals surface area contributed by atoms with Gasteiger partial charge in [-0.05, 0) is 44.0 Å². The van der Waals surface area contributed by atoms with E-state index in [1.54, 1.807) is 0 Å². The first-order valence-electron chi connectivity index (χ1n) is 6.51. The van der Waals surface area contributed by atoms with E-state index >= 15 is 0 Å². The van der Waals surface area contributed by atoms with Gasteiger partial charge in [0.2, 0.25) is 0 Å². The molecule has 1 aromatic carbocycles. The molecule has 0 saturated carbocycles. The summed E-state index contributed by atoms with van der Waals surface area (Å²) < 4.78 is 0. The van der Waals surface area contributed by atoms with Gasteiger partial charge in [-0.2, -0.15) is 0 Å². The van der Waals surface area contributed by atoms with E-state index in [9.17, 15) is 14.9 Å². The van der Waals surface area contributed by atoms with Crippen LogP contribution in [0, 0.1) is 16.0 Å². The van der Waals surface area contributed by atoms with E-state index in [-0.39, 0.29) is 16.3 Å². The van der Waals surface area contributed by atoms with Gasteiger partial charge in [-0.1, -0.05) is 17.7 Å². The molecule has 1 unspecified atom stereocenters. The maximum Gasteiger partial charge on any atom is 0.300 e. The van der Waals surface area contributed by atoms with Crippen LogP contribution in [0.1, 0.15) is 23.2 Å². The molecule has 1 atom stereocenters. The van der Waals surface area contributed by atoms with Crippen molar-refractivity contribution in [3.63, 3.8) is 0 Å². The Balaban J connectivity index is 1.98. The summed E-state index contributed by atoms with van der Waals surface area (Å²) in [6, 6.07) is 4.35. The van der Waals surface area contributed by atoms with Crippen LogP contribution in [0.25, 0.3) is 0 Å². The fourth-order valence-corrected chi connectivity index (χ4v) is 2.57. The molecule has 1 saturated heterocycles. The maximum absolute atomic E-state index is 12.0. The van der Waals surface area contributed by atoms with Gasteiger partial charge in [-0.3, -0.25) is 14.9 Å². The summed E-state index contributed by atoms with van der Waals surface area (Å²) >= 11 is 5.78. The Hall–Kier alpha value is -1.66. The summed E-state index contributed by atoms with van der Waals surface area (Å²) in [5.74, 6) is 0.106. The van der Waals surface area contributed by atoms with Crippen LogP contribution in [-0.2, 0) is 0 Å². The van der Waals surface area contributed by atoms with Gasteiger partial charge >= 0.3 is 5.69 Å². The lowest BCUT2D eigenvalue weighted by Crippen LogP contribution is -2.27. The minimum absolute atomic E-state index is 0.00652. The molecule has 6 nitrogen and oxygen atoms in total. The number of nitro groups is 1. The standard InChI is InChI=1S/C13H16ClN3O3/c14-11-3-1-2-10(12(11)17(19)20)13(18)16-7-5-9-4-6-15-8-9/h1-3,9,15H,4-8H2,(H,16,18). The Bertz CT molecular complexity index is 516. The average Bonchev–Trinajstić information content (AvgIpc) is 2.91. The van der Waals surface area contributed by atoms with Crippen LogP contribution in [0.2, 0.25) is 5.02 Å². The molecule has 0 radical (unpaired) electrons. The number of nitro benzene ring substituents is 1. The van der Waals surface area contributed by atoms with Crippen molar-refractivity contribution in [3.8, 4) is 0 Å². The molecule has 0 spiro atoms. The molecule has 0 aromatic heterocycles. The molecule has 1 aliphatic rings. The average molecular weight is 298 g/mol. The second-order valence-electron chi connectivity index (χ2n) is 4.80. The minimum Gasteiger partial charge on any atom is -0.352 e. The smallest absolute Gasteiger partial charge is 0.300 e. The van der Waals surface area contributed by atoms with E-state index < -0.39 is 10.8 Å². The molecular formula is C13H16ClN3O3. The van der Waals surface area contributed by atoms with Gasteiger partial charge in [0.25, 0.3) is 5.91 Å². The van der Waals surface area contributed by atoms with Crippen LogP contribution in [0.15, 0.2) is 18.2 Å². The third-order valence-corrected chi connectivity index (χ3v) is 3.72. The summed E-state index contributed by atoms with van der Waals surface area (Å²) in [5, 5.41) is 16.9. The highest BCUT2D eigenvalue weighted by Gasteiger charge is 2.23. The summed E-state index contributed by atoms with van der Waals surface area (Å²) in [5.41, 5.74) is -0.332.